The van der Waals surface area contributed by atoms with Crippen molar-refractivity contribution in [3.8, 4) is 0 Å². The molecule has 7 nitrogen and oxygen atoms in total. The van der Waals surface area contributed by atoms with Gasteiger partial charge in [-0.3, -0.25) is 20.2 Å². The molecule has 1 amide bonds. The molecule has 0 saturated carbocycles. The number of carbonyl (C=O) groups excluding carboxylic acids is 1. The molecule has 2 aromatic rings. The molecule has 0 aliphatic carbocycles. The molecular weight excluding hydrogens is 348 g/mol. The van der Waals surface area contributed by atoms with E-state index in [2.05, 4.69) is 15.2 Å². The summed E-state index contributed by atoms with van der Waals surface area (Å²) in [7, 11) is 2.05. The van der Waals surface area contributed by atoms with Gasteiger partial charge in [0.1, 0.15) is 0 Å². The van der Waals surface area contributed by atoms with Crippen LogP contribution in [-0.4, -0.2) is 40.6 Å². The van der Waals surface area contributed by atoms with Crippen LogP contribution in [0.2, 0.25) is 0 Å². The summed E-state index contributed by atoms with van der Waals surface area (Å²) in [4.78, 5) is 31.4. The average Bonchev–Trinajstić information content (AvgIpc) is 2.95. The molecule has 1 aliphatic heterocycles. The molecule has 0 bridgehead atoms. The van der Waals surface area contributed by atoms with Gasteiger partial charge in [0.15, 0.2) is 5.13 Å². The van der Waals surface area contributed by atoms with E-state index in [1.54, 1.807) is 18.4 Å². The summed E-state index contributed by atoms with van der Waals surface area (Å²) in [6, 6.07) is 4.50. The predicted octanol–water partition coefficient (Wildman–Crippen LogP) is 3.01. The van der Waals surface area contributed by atoms with Gasteiger partial charge >= 0.3 is 0 Å². The molecule has 1 aliphatic rings. The number of nitrogens with one attached hydrogen (secondary N) is 1. The van der Waals surface area contributed by atoms with Crippen molar-refractivity contribution in [3.05, 3.63) is 44.4 Å². The lowest BCUT2D eigenvalue weighted by atomic mass is 10.2. The fourth-order valence-corrected chi connectivity index (χ4v) is 4.15. The number of carbonyl (C=O) groups is 1. The quantitative estimate of drug-likeness (QED) is 0.510. The summed E-state index contributed by atoms with van der Waals surface area (Å²) in [5.41, 5.74) is 1.22. The molecule has 2 heterocycles. The zero-order valence-electron chi connectivity index (χ0n) is 13.2. The molecule has 126 valence electrons. The van der Waals surface area contributed by atoms with E-state index < -0.39 is 4.92 Å². The lowest BCUT2D eigenvalue weighted by Crippen LogP contribution is -2.25. The van der Waals surface area contributed by atoms with Gasteiger partial charge in [-0.25, -0.2) is 4.98 Å². The molecule has 0 radical (unpaired) electrons. The van der Waals surface area contributed by atoms with E-state index in [9.17, 15) is 14.9 Å². The molecule has 0 spiro atoms. The van der Waals surface area contributed by atoms with E-state index in [0.29, 0.717) is 10.0 Å². The van der Waals surface area contributed by atoms with Gasteiger partial charge in [-0.05, 0) is 25.4 Å². The molecule has 0 unspecified atom stereocenters. The monoisotopic (exact) mass is 364 g/mol. The van der Waals surface area contributed by atoms with Crippen LogP contribution in [0.4, 0.5) is 10.8 Å². The number of fused-ring (bicyclic) bond motifs is 1. The molecular formula is C15H16N4O3S2. The van der Waals surface area contributed by atoms with Crippen molar-refractivity contribution in [2.75, 3.05) is 25.2 Å². The number of rotatable bonds is 4. The van der Waals surface area contributed by atoms with E-state index in [0.717, 1.165) is 30.1 Å². The lowest BCUT2D eigenvalue weighted by Gasteiger charge is -2.20. The number of nitrogens with zero attached hydrogens (tertiary/aromatic N) is 3. The van der Waals surface area contributed by atoms with Gasteiger partial charge in [0, 0.05) is 36.0 Å². The van der Waals surface area contributed by atoms with Crippen LogP contribution < -0.4 is 5.32 Å². The predicted molar refractivity (Wildman–Crippen MR) is 95.0 cm³/mol. The Morgan fingerprint density at radius 1 is 1.50 bits per heavy atom. The molecule has 0 atom stereocenters. The second-order valence-corrected chi connectivity index (χ2v) is 7.41. The van der Waals surface area contributed by atoms with Crippen LogP contribution in [0, 0.1) is 10.1 Å². The standard InChI is InChI=1S/C15H16N4O3S2/c1-18-6-5-10-13(8-18)24-15(16-10)17-14(20)9-3-4-12(23-2)11(7-9)19(21)22/h3-4,7H,5-6,8H2,1-2H3,(H,16,17,20). The second kappa shape index (κ2) is 6.88. The Bertz CT molecular complexity index is 806. The first kappa shape index (κ1) is 16.9. The van der Waals surface area contributed by atoms with Crippen molar-refractivity contribution >= 4 is 39.8 Å². The first-order valence-corrected chi connectivity index (χ1v) is 9.33. The number of hydrogen-bond donors (Lipinski definition) is 1. The summed E-state index contributed by atoms with van der Waals surface area (Å²) in [5, 5.41) is 14.4. The molecule has 9 heteroatoms. The zero-order chi connectivity index (χ0) is 17.3. The Morgan fingerprint density at radius 2 is 2.29 bits per heavy atom. The highest BCUT2D eigenvalue weighted by atomic mass is 32.2. The highest BCUT2D eigenvalue weighted by Crippen LogP contribution is 2.30. The number of nitro benzene ring substituents is 1. The van der Waals surface area contributed by atoms with E-state index in [4.69, 9.17) is 0 Å². The van der Waals surface area contributed by atoms with Gasteiger partial charge in [-0.15, -0.1) is 23.1 Å². The SMILES string of the molecule is CSc1ccc(C(=O)Nc2nc3c(s2)CN(C)CC3)cc1[N+](=O)[O-]. The van der Waals surface area contributed by atoms with Crippen molar-refractivity contribution in [1.82, 2.24) is 9.88 Å². The number of benzene rings is 1. The van der Waals surface area contributed by atoms with Crippen LogP contribution in [0.15, 0.2) is 23.1 Å². The van der Waals surface area contributed by atoms with Gasteiger partial charge in [0.25, 0.3) is 11.6 Å². The van der Waals surface area contributed by atoms with Gasteiger partial charge < -0.3 is 4.90 Å². The molecule has 1 N–H and O–H groups in total. The Labute approximate surface area is 147 Å². The van der Waals surface area contributed by atoms with Crippen molar-refractivity contribution in [3.63, 3.8) is 0 Å². The molecule has 3 rings (SSSR count). The number of likely N-dealkylation sites (N-methyl/N-ethyl adjacent to an activating group) is 1. The maximum absolute atomic E-state index is 12.4. The lowest BCUT2D eigenvalue weighted by molar-refractivity contribution is -0.387. The van der Waals surface area contributed by atoms with E-state index in [1.807, 2.05) is 7.05 Å². The second-order valence-electron chi connectivity index (χ2n) is 5.47. The third-order valence-corrected chi connectivity index (χ3v) is 5.56. The van der Waals surface area contributed by atoms with Crippen molar-refractivity contribution < 1.29 is 9.72 Å². The fraction of sp³-hybridized carbons (Fsp3) is 0.333. The van der Waals surface area contributed by atoms with E-state index in [1.165, 1.54) is 29.2 Å². The maximum atomic E-state index is 12.4. The van der Waals surface area contributed by atoms with Crippen molar-refractivity contribution in [2.24, 2.45) is 0 Å². The smallest absolute Gasteiger partial charge is 0.283 e. The number of aromatic nitrogens is 1. The van der Waals surface area contributed by atoms with Crippen molar-refractivity contribution in [1.29, 1.82) is 0 Å². The minimum atomic E-state index is -0.472. The van der Waals surface area contributed by atoms with Gasteiger partial charge in [-0.1, -0.05) is 0 Å². The summed E-state index contributed by atoms with van der Waals surface area (Å²) in [6.07, 6.45) is 2.63. The zero-order valence-corrected chi connectivity index (χ0v) is 14.9. The number of hydrogen-bond acceptors (Lipinski definition) is 7. The minimum absolute atomic E-state index is 0.0600. The van der Waals surface area contributed by atoms with E-state index >= 15 is 0 Å². The number of amides is 1. The van der Waals surface area contributed by atoms with Crippen LogP contribution >= 0.6 is 23.1 Å². The van der Waals surface area contributed by atoms with Crippen LogP contribution in [-0.2, 0) is 13.0 Å². The third-order valence-electron chi connectivity index (χ3n) is 3.78. The Hall–Kier alpha value is -1.97. The highest BCUT2D eigenvalue weighted by molar-refractivity contribution is 7.98. The summed E-state index contributed by atoms with van der Waals surface area (Å²) < 4.78 is 0. The number of nitro groups is 1. The van der Waals surface area contributed by atoms with Crippen LogP contribution in [0.1, 0.15) is 20.9 Å². The summed E-state index contributed by atoms with van der Waals surface area (Å²) in [6.45, 7) is 1.78. The maximum Gasteiger partial charge on any atom is 0.283 e. The fourth-order valence-electron chi connectivity index (χ4n) is 2.52. The largest absolute Gasteiger partial charge is 0.301 e. The Balaban J connectivity index is 1.80. The number of thiazole rings is 1. The first-order chi connectivity index (χ1) is 11.5. The molecule has 24 heavy (non-hydrogen) atoms. The number of thioether (sulfide) groups is 1. The first-order valence-electron chi connectivity index (χ1n) is 7.29. The molecule has 1 aromatic heterocycles. The number of anilines is 1. The Morgan fingerprint density at radius 3 is 3.00 bits per heavy atom. The minimum Gasteiger partial charge on any atom is -0.301 e. The van der Waals surface area contributed by atoms with Gasteiger partial charge in [0.2, 0.25) is 0 Å². The molecule has 1 aromatic carbocycles. The Kier molecular flexibility index (Phi) is 4.83. The van der Waals surface area contributed by atoms with Crippen LogP contribution in [0.25, 0.3) is 0 Å². The van der Waals surface area contributed by atoms with Gasteiger partial charge in [0.05, 0.1) is 15.5 Å². The van der Waals surface area contributed by atoms with Gasteiger partial charge in [-0.2, -0.15) is 0 Å². The average molecular weight is 364 g/mol. The summed E-state index contributed by atoms with van der Waals surface area (Å²) >= 11 is 2.74. The highest BCUT2D eigenvalue weighted by Gasteiger charge is 2.21. The topological polar surface area (TPSA) is 88.4 Å². The molecule has 0 saturated heterocycles. The normalized spacial score (nSPS) is 14.2. The van der Waals surface area contributed by atoms with E-state index in [-0.39, 0.29) is 17.2 Å². The van der Waals surface area contributed by atoms with Crippen LogP contribution in [0.3, 0.4) is 0 Å². The van der Waals surface area contributed by atoms with Crippen LogP contribution in [0.5, 0.6) is 0 Å². The summed E-state index contributed by atoms with van der Waals surface area (Å²) in [5.74, 6) is -0.384. The third kappa shape index (κ3) is 3.42. The molecule has 0 fully saturated rings. The van der Waals surface area contributed by atoms with Crippen molar-refractivity contribution in [2.45, 2.75) is 17.9 Å².